The van der Waals surface area contributed by atoms with E-state index in [-0.39, 0.29) is 5.92 Å². The van der Waals surface area contributed by atoms with E-state index in [0.717, 1.165) is 16.8 Å². The van der Waals surface area contributed by atoms with Gasteiger partial charge >= 0.3 is 0 Å². The number of aromatic nitrogens is 2. The van der Waals surface area contributed by atoms with E-state index in [1.807, 2.05) is 39.0 Å². The van der Waals surface area contributed by atoms with E-state index in [0.29, 0.717) is 16.0 Å². The first-order valence-corrected chi connectivity index (χ1v) is 6.78. The predicted molar refractivity (Wildman–Crippen MR) is 80.6 cm³/mol. The number of hydrogen-bond donors (Lipinski definition) is 1. The van der Waals surface area contributed by atoms with Gasteiger partial charge in [0.05, 0.1) is 10.7 Å². The molecule has 0 saturated heterocycles. The van der Waals surface area contributed by atoms with Crippen molar-refractivity contribution < 1.29 is 0 Å². The van der Waals surface area contributed by atoms with E-state index in [2.05, 4.69) is 15.3 Å². The van der Waals surface area contributed by atoms with E-state index >= 15 is 0 Å². The molecule has 0 aliphatic heterocycles. The van der Waals surface area contributed by atoms with E-state index in [4.69, 9.17) is 23.2 Å². The summed E-state index contributed by atoms with van der Waals surface area (Å²) in [5.41, 5.74) is 2.72. The van der Waals surface area contributed by atoms with Gasteiger partial charge in [-0.05, 0) is 24.5 Å². The number of aryl methyl sites for hydroxylation is 1. The Hall–Kier alpha value is -1.32. The highest BCUT2D eigenvalue weighted by atomic mass is 35.5. The number of benzene rings is 1. The molecule has 1 heterocycles. The van der Waals surface area contributed by atoms with Crippen molar-refractivity contribution in [2.45, 2.75) is 26.7 Å². The molecule has 5 heteroatoms. The SMILES string of the molecule is Cc1cccc(Nc2ncnc(Cl)c2C(C)C)c1Cl. The van der Waals surface area contributed by atoms with Crippen LogP contribution in [0.3, 0.4) is 0 Å². The van der Waals surface area contributed by atoms with E-state index in [1.165, 1.54) is 6.33 Å². The third-order valence-electron chi connectivity index (χ3n) is 2.86. The van der Waals surface area contributed by atoms with Gasteiger partial charge in [-0.2, -0.15) is 0 Å². The Balaban J connectivity index is 2.44. The average molecular weight is 296 g/mol. The lowest BCUT2D eigenvalue weighted by atomic mass is 10.1. The van der Waals surface area contributed by atoms with Crippen molar-refractivity contribution in [2.75, 3.05) is 5.32 Å². The number of rotatable bonds is 3. The molecule has 0 spiro atoms. The molecule has 19 heavy (non-hydrogen) atoms. The van der Waals surface area contributed by atoms with Gasteiger partial charge < -0.3 is 5.32 Å². The van der Waals surface area contributed by atoms with Gasteiger partial charge in [0.25, 0.3) is 0 Å². The second kappa shape index (κ2) is 5.76. The van der Waals surface area contributed by atoms with Gasteiger partial charge in [-0.1, -0.05) is 49.2 Å². The van der Waals surface area contributed by atoms with Gasteiger partial charge in [0.2, 0.25) is 0 Å². The summed E-state index contributed by atoms with van der Waals surface area (Å²) in [6.45, 7) is 6.06. The number of nitrogens with zero attached hydrogens (tertiary/aromatic N) is 2. The second-order valence-electron chi connectivity index (χ2n) is 4.64. The van der Waals surface area contributed by atoms with Crippen LogP contribution in [-0.2, 0) is 0 Å². The molecule has 0 aliphatic carbocycles. The summed E-state index contributed by atoms with van der Waals surface area (Å²) >= 11 is 12.4. The van der Waals surface area contributed by atoms with Crippen molar-refractivity contribution in [3.8, 4) is 0 Å². The van der Waals surface area contributed by atoms with E-state index < -0.39 is 0 Å². The average Bonchev–Trinajstić information content (AvgIpc) is 2.34. The molecule has 2 aromatic rings. The maximum Gasteiger partial charge on any atom is 0.138 e. The van der Waals surface area contributed by atoms with Gasteiger partial charge in [-0.3, -0.25) is 0 Å². The number of hydrogen-bond acceptors (Lipinski definition) is 3. The summed E-state index contributed by atoms with van der Waals surface area (Å²) in [4.78, 5) is 8.29. The lowest BCUT2D eigenvalue weighted by Crippen LogP contribution is -2.03. The zero-order valence-electron chi connectivity index (χ0n) is 11.0. The van der Waals surface area contributed by atoms with Gasteiger partial charge in [-0.25, -0.2) is 9.97 Å². The van der Waals surface area contributed by atoms with Gasteiger partial charge in [-0.15, -0.1) is 0 Å². The number of anilines is 2. The highest BCUT2D eigenvalue weighted by Gasteiger charge is 2.14. The van der Waals surface area contributed by atoms with E-state index in [1.54, 1.807) is 0 Å². The maximum atomic E-state index is 6.28. The third kappa shape index (κ3) is 2.99. The maximum absolute atomic E-state index is 6.28. The monoisotopic (exact) mass is 295 g/mol. The molecule has 2 rings (SSSR count). The molecule has 1 aromatic heterocycles. The molecule has 0 fully saturated rings. The molecule has 0 saturated carbocycles. The van der Waals surface area contributed by atoms with Crippen LogP contribution in [0.4, 0.5) is 11.5 Å². The highest BCUT2D eigenvalue weighted by Crippen LogP contribution is 2.33. The molecular weight excluding hydrogens is 281 g/mol. The number of halogens is 2. The minimum atomic E-state index is 0.222. The normalized spacial score (nSPS) is 10.8. The van der Waals surface area contributed by atoms with Crippen molar-refractivity contribution in [1.82, 2.24) is 9.97 Å². The Bertz CT molecular complexity index is 597. The first kappa shape index (κ1) is 14.1. The van der Waals surface area contributed by atoms with Crippen LogP contribution >= 0.6 is 23.2 Å². The predicted octanol–water partition coefficient (Wildman–Crippen LogP) is 4.96. The Morgan fingerprint density at radius 1 is 1.16 bits per heavy atom. The Morgan fingerprint density at radius 3 is 2.58 bits per heavy atom. The molecule has 0 atom stereocenters. The first-order chi connectivity index (χ1) is 9.00. The van der Waals surface area contributed by atoms with Gasteiger partial charge in [0, 0.05) is 5.56 Å². The highest BCUT2D eigenvalue weighted by molar-refractivity contribution is 6.34. The van der Waals surface area contributed by atoms with Crippen molar-refractivity contribution in [1.29, 1.82) is 0 Å². The fourth-order valence-corrected chi connectivity index (χ4v) is 2.38. The minimum Gasteiger partial charge on any atom is -0.339 e. The van der Waals surface area contributed by atoms with Crippen molar-refractivity contribution in [2.24, 2.45) is 0 Å². The van der Waals surface area contributed by atoms with Crippen LogP contribution in [0.2, 0.25) is 10.2 Å². The fraction of sp³-hybridized carbons (Fsp3) is 0.286. The standard InChI is InChI=1S/C14H15Cl2N3/c1-8(2)11-13(16)17-7-18-14(11)19-10-6-4-5-9(3)12(10)15/h4-8H,1-3H3,(H,17,18,19). The van der Waals surface area contributed by atoms with Gasteiger partial charge in [0.1, 0.15) is 17.3 Å². The van der Waals surface area contributed by atoms with Crippen molar-refractivity contribution in [3.05, 3.63) is 45.8 Å². The summed E-state index contributed by atoms with van der Waals surface area (Å²) < 4.78 is 0. The molecule has 1 aromatic carbocycles. The molecule has 3 nitrogen and oxygen atoms in total. The first-order valence-electron chi connectivity index (χ1n) is 6.03. The zero-order chi connectivity index (χ0) is 14.0. The van der Waals surface area contributed by atoms with Crippen LogP contribution in [0, 0.1) is 6.92 Å². The molecular formula is C14H15Cl2N3. The Morgan fingerprint density at radius 2 is 1.89 bits per heavy atom. The molecule has 0 radical (unpaired) electrons. The van der Waals surface area contributed by atoms with Crippen LogP contribution in [-0.4, -0.2) is 9.97 Å². The molecule has 1 N–H and O–H groups in total. The zero-order valence-corrected chi connectivity index (χ0v) is 12.5. The number of nitrogens with one attached hydrogen (secondary N) is 1. The summed E-state index contributed by atoms with van der Waals surface area (Å²) in [5, 5.41) is 4.39. The fourth-order valence-electron chi connectivity index (χ4n) is 1.86. The molecule has 100 valence electrons. The Kier molecular flexibility index (Phi) is 4.27. The topological polar surface area (TPSA) is 37.8 Å². The molecule has 0 amide bonds. The summed E-state index contributed by atoms with van der Waals surface area (Å²) in [7, 11) is 0. The van der Waals surface area contributed by atoms with Crippen LogP contribution in [0.5, 0.6) is 0 Å². The van der Waals surface area contributed by atoms with E-state index in [9.17, 15) is 0 Å². The molecule has 0 aliphatic rings. The van der Waals surface area contributed by atoms with Crippen molar-refractivity contribution >= 4 is 34.7 Å². The largest absolute Gasteiger partial charge is 0.339 e. The summed E-state index contributed by atoms with van der Waals surface area (Å²) in [6, 6.07) is 5.82. The smallest absolute Gasteiger partial charge is 0.138 e. The quantitative estimate of drug-likeness (QED) is 0.813. The van der Waals surface area contributed by atoms with Gasteiger partial charge in [0.15, 0.2) is 0 Å². The lowest BCUT2D eigenvalue weighted by Gasteiger charge is -2.15. The van der Waals surface area contributed by atoms with Crippen LogP contribution < -0.4 is 5.32 Å². The summed E-state index contributed by atoms with van der Waals surface area (Å²) in [6.07, 6.45) is 1.44. The molecule has 0 bridgehead atoms. The Labute approximate surface area is 123 Å². The van der Waals surface area contributed by atoms with Crippen LogP contribution in [0.1, 0.15) is 30.9 Å². The molecule has 0 unspecified atom stereocenters. The lowest BCUT2D eigenvalue weighted by molar-refractivity contribution is 0.850. The van der Waals surface area contributed by atoms with Crippen LogP contribution in [0.15, 0.2) is 24.5 Å². The second-order valence-corrected chi connectivity index (χ2v) is 5.38. The van der Waals surface area contributed by atoms with Crippen molar-refractivity contribution in [3.63, 3.8) is 0 Å². The minimum absolute atomic E-state index is 0.222. The third-order valence-corrected chi connectivity index (χ3v) is 3.66. The van der Waals surface area contributed by atoms with Crippen LogP contribution in [0.25, 0.3) is 0 Å². The summed E-state index contributed by atoms with van der Waals surface area (Å²) in [5.74, 6) is 0.919.